The molecule has 1 aliphatic heterocycles. The number of hydrogen-bond acceptors (Lipinski definition) is 6. The molecule has 0 aromatic heterocycles. The van der Waals surface area contributed by atoms with Crippen molar-refractivity contribution in [1.29, 1.82) is 0 Å². The van der Waals surface area contributed by atoms with Gasteiger partial charge in [0.25, 0.3) is 11.8 Å². The molecule has 0 bridgehead atoms. The molecule has 0 atom stereocenters. The van der Waals surface area contributed by atoms with Gasteiger partial charge in [0.15, 0.2) is 0 Å². The minimum atomic E-state index is -0.650. The van der Waals surface area contributed by atoms with Crippen LogP contribution in [0.2, 0.25) is 10.0 Å². The molecule has 4 rings (SSSR count). The normalized spacial score (nSPS) is 13.3. The van der Waals surface area contributed by atoms with Crippen LogP contribution in [-0.2, 0) is 9.59 Å². The van der Waals surface area contributed by atoms with E-state index < -0.39 is 17.8 Å². The van der Waals surface area contributed by atoms with E-state index in [-0.39, 0.29) is 27.1 Å². The highest BCUT2D eigenvalue weighted by atomic mass is 35.5. The van der Waals surface area contributed by atoms with Gasteiger partial charge in [-0.15, -0.1) is 0 Å². The largest absolute Gasteiger partial charge is 0.494 e. The van der Waals surface area contributed by atoms with Gasteiger partial charge >= 0.3 is 5.97 Å². The number of imide groups is 1. The molecule has 10 heteroatoms. The van der Waals surface area contributed by atoms with E-state index in [1.165, 1.54) is 24.3 Å². The Morgan fingerprint density at radius 1 is 0.914 bits per heavy atom. The van der Waals surface area contributed by atoms with Gasteiger partial charge in [0.1, 0.15) is 22.2 Å². The minimum Gasteiger partial charge on any atom is -0.494 e. The first-order valence-corrected chi connectivity index (χ1v) is 11.5. The third-order valence-electron chi connectivity index (χ3n) is 4.92. The Bertz CT molecular complexity index is 1340. The second-order valence-electron chi connectivity index (χ2n) is 7.23. The summed E-state index contributed by atoms with van der Waals surface area (Å²) in [4.78, 5) is 39.0. The first kappa shape index (κ1) is 24.6. The van der Waals surface area contributed by atoms with Crippen LogP contribution in [0.4, 0.5) is 11.4 Å². The summed E-state index contributed by atoms with van der Waals surface area (Å²) in [6, 6.07) is 17.1. The topological polar surface area (TPSA) is 84.9 Å². The summed E-state index contributed by atoms with van der Waals surface area (Å²) in [6.07, 6.45) is 0. The van der Waals surface area contributed by atoms with Gasteiger partial charge in [0.05, 0.1) is 22.9 Å². The fourth-order valence-corrected chi connectivity index (χ4v) is 3.91. The quantitative estimate of drug-likeness (QED) is 0.227. The molecule has 7 nitrogen and oxygen atoms in total. The molecule has 1 N–H and O–H groups in total. The van der Waals surface area contributed by atoms with Gasteiger partial charge in [-0.2, -0.15) is 0 Å². The number of ether oxygens (including phenoxy) is 2. The number of nitrogens with zero attached hydrogens (tertiary/aromatic N) is 1. The number of nitrogens with one attached hydrogen (secondary N) is 1. The lowest BCUT2D eigenvalue weighted by Gasteiger charge is -2.15. The van der Waals surface area contributed by atoms with Crippen LogP contribution in [0.25, 0.3) is 0 Å². The Morgan fingerprint density at radius 2 is 1.60 bits per heavy atom. The Kier molecular flexibility index (Phi) is 7.31. The van der Waals surface area contributed by atoms with E-state index in [4.69, 9.17) is 44.3 Å². The van der Waals surface area contributed by atoms with Crippen LogP contribution in [0, 0.1) is 0 Å². The van der Waals surface area contributed by atoms with Crippen LogP contribution in [0.15, 0.2) is 77.5 Å². The number of carbonyl (C=O) groups excluding carboxylic acids is 3. The molecule has 0 radical (unpaired) electrons. The predicted molar refractivity (Wildman–Crippen MR) is 134 cm³/mol. The molecule has 1 aliphatic rings. The fourth-order valence-electron chi connectivity index (χ4n) is 3.25. The molecule has 0 saturated carbocycles. The monoisotopic (exact) mass is 530 g/mol. The maximum atomic E-state index is 12.9. The Labute approximate surface area is 215 Å². The van der Waals surface area contributed by atoms with Crippen LogP contribution < -0.4 is 19.7 Å². The summed E-state index contributed by atoms with van der Waals surface area (Å²) < 4.78 is 10.7. The zero-order valence-electron chi connectivity index (χ0n) is 18.2. The lowest BCUT2D eigenvalue weighted by molar-refractivity contribution is -0.120. The van der Waals surface area contributed by atoms with Crippen molar-refractivity contribution in [2.45, 2.75) is 6.92 Å². The number of halogens is 3. The van der Waals surface area contributed by atoms with Crippen molar-refractivity contribution in [2.75, 3.05) is 16.8 Å². The first-order chi connectivity index (χ1) is 16.8. The van der Waals surface area contributed by atoms with Gasteiger partial charge in [-0.3, -0.25) is 9.59 Å². The van der Waals surface area contributed by atoms with E-state index in [1.54, 1.807) is 42.5 Å². The van der Waals surface area contributed by atoms with Gasteiger partial charge < -0.3 is 14.8 Å². The van der Waals surface area contributed by atoms with Crippen molar-refractivity contribution >= 4 is 64.0 Å². The van der Waals surface area contributed by atoms with Gasteiger partial charge in [-0.05, 0) is 73.7 Å². The predicted octanol–water partition coefficient (Wildman–Crippen LogP) is 6.05. The number of rotatable bonds is 7. The first-order valence-electron chi connectivity index (χ1n) is 10.3. The van der Waals surface area contributed by atoms with Crippen molar-refractivity contribution in [2.24, 2.45) is 0 Å². The summed E-state index contributed by atoms with van der Waals surface area (Å²) in [5, 5.41) is 3.23. The van der Waals surface area contributed by atoms with E-state index in [0.717, 1.165) is 4.90 Å². The van der Waals surface area contributed by atoms with Crippen molar-refractivity contribution in [1.82, 2.24) is 0 Å². The summed E-state index contributed by atoms with van der Waals surface area (Å²) in [5.41, 5.74) is 0.964. The van der Waals surface area contributed by atoms with Gasteiger partial charge in [0.2, 0.25) is 0 Å². The maximum absolute atomic E-state index is 12.9. The van der Waals surface area contributed by atoms with Crippen LogP contribution in [0.5, 0.6) is 11.5 Å². The van der Waals surface area contributed by atoms with E-state index in [9.17, 15) is 14.4 Å². The molecule has 2 amide bonds. The van der Waals surface area contributed by atoms with E-state index in [0.29, 0.717) is 28.8 Å². The number of amides is 2. The summed E-state index contributed by atoms with van der Waals surface area (Å²) in [6.45, 7) is 2.35. The Balaban J connectivity index is 1.46. The van der Waals surface area contributed by atoms with Crippen LogP contribution in [-0.4, -0.2) is 24.4 Å². The van der Waals surface area contributed by atoms with Crippen LogP contribution in [0.1, 0.15) is 17.3 Å². The minimum absolute atomic E-state index is 0.0752. The lowest BCUT2D eigenvalue weighted by Crippen LogP contribution is -2.32. The van der Waals surface area contributed by atoms with E-state index >= 15 is 0 Å². The zero-order chi connectivity index (χ0) is 25.1. The molecule has 35 heavy (non-hydrogen) atoms. The summed E-state index contributed by atoms with van der Waals surface area (Å²) in [5.74, 6) is -1.10. The molecule has 1 heterocycles. The Hall–Kier alpha value is -3.52. The number of benzene rings is 3. The molecule has 178 valence electrons. The average Bonchev–Trinajstić information content (AvgIpc) is 3.05. The second-order valence-corrected chi connectivity index (χ2v) is 8.45. The van der Waals surface area contributed by atoms with Crippen molar-refractivity contribution in [3.63, 3.8) is 0 Å². The standard InChI is InChI=1S/C25H17Cl3N2O5/c1-2-34-18-10-8-17(9-11-18)30-23(31)21(28)22(24(30)32)29-16-6-3-14(4-7-16)25(33)35-20-12-5-15(26)13-19(20)27/h3-13,29H,2H2,1H3. The zero-order valence-corrected chi connectivity index (χ0v) is 20.4. The van der Waals surface area contributed by atoms with Gasteiger partial charge in [-0.25, -0.2) is 9.69 Å². The maximum Gasteiger partial charge on any atom is 0.343 e. The van der Waals surface area contributed by atoms with Crippen LogP contribution >= 0.6 is 34.8 Å². The molecule has 0 saturated heterocycles. The fraction of sp³-hybridized carbons (Fsp3) is 0.0800. The molecule has 3 aromatic rings. The van der Waals surface area contributed by atoms with Crippen molar-refractivity contribution in [3.8, 4) is 11.5 Å². The third-order valence-corrected chi connectivity index (χ3v) is 5.80. The highest BCUT2D eigenvalue weighted by Gasteiger charge is 2.39. The van der Waals surface area contributed by atoms with Crippen LogP contribution in [0.3, 0.4) is 0 Å². The van der Waals surface area contributed by atoms with Crippen molar-refractivity contribution in [3.05, 3.63) is 93.1 Å². The SMILES string of the molecule is CCOc1ccc(N2C(=O)C(Cl)=C(Nc3ccc(C(=O)Oc4ccc(Cl)cc4Cl)cc3)C2=O)cc1. The highest BCUT2D eigenvalue weighted by molar-refractivity contribution is 6.53. The summed E-state index contributed by atoms with van der Waals surface area (Å²) >= 11 is 18.1. The van der Waals surface area contributed by atoms with Gasteiger partial charge in [-0.1, -0.05) is 34.8 Å². The molecule has 0 aliphatic carbocycles. The molecule has 0 spiro atoms. The number of anilines is 2. The molecular formula is C25H17Cl3N2O5. The molecule has 0 fully saturated rings. The molecular weight excluding hydrogens is 515 g/mol. The number of carbonyl (C=O) groups is 3. The lowest BCUT2D eigenvalue weighted by atomic mass is 10.2. The highest BCUT2D eigenvalue weighted by Crippen LogP contribution is 2.32. The Morgan fingerprint density at radius 3 is 2.23 bits per heavy atom. The number of hydrogen-bond donors (Lipinski definition) is 1. The molecule has 0 unspecified atom stereocenters. The average molecular weight is 532 g/mol. The van der Waals surface area contributed by atoms with E-state index in [1.807, 2.05) is 6.92 Å². The third kappa shape index (κ3) is 5.27. The van der Waals surface area contributed by atoms with E-state index in [2.05, 4.69) is 5.32 Å². The summed E-state index contributed by atoms with van der Waals surface area (Å²) in [7, 11) is 0. The number of esters is 1. The molecule has 3 aromatic carbocycles. The second kappa shape index (κ2) is 10.4. The van der Waals surface area contributed by atoms with Gasteiger partial charge in [0, 0.05) is 10.7 Å². The smallest absolute Gasteiger partial charge is 0.343 e. The van der Waals surface area contributed by atoms with Crippen molar-refractivity contribution < 1.29 is 23.9 Å².